The summed E-state index contributed by atoms with van der Waals surface area (Å²) in [5.41, 5.74) is 0. The summed E-state index contributed by atoms with van der Waals surface area (Å²) in [7, 11) is 0. The van der Waals surface area contributed by atoms with Gasteiger partial charge in [-0.25, -0.2) is 0 Å². The Morgan fingerprint density at radius 1 is 0.471 bits per heavy atom. The van der Waals surface area contributed by atoms with Gasteiger partial charge in [0.1, 0.15) is 30.5 Å². The van der Waals surface area contributed by atoms with E-state index in [4.69, 9.17) is 18.9 Å². The van der Waals surface area contributed by atoms with Gasteiger partial charge in [-0.05, 0) is 51.4 Å². The largest absolute Gasteiger partial charge is 0.457 e. The molecule has 0 aliphatic carbocycles. The molecule has 1 rings (SSSR count). The zero-order chi connectivity index (χ0) is 50.6. The number of carbonyl (C=O) groups excluding carboxylic acids is 1. The molecule has 1 aliphatic rings. The first kappa shape index (κ1) is 66.2. The van der Waals surface area contributed by atoms with Crippen molar-refractivity contribution in [1.82, 2.24) is 0 Å². The Kier molecular flexibility index (Phi) is 49.2. The van der Waals surface area contributed by atoms with Crippen molar-refractivity contribution >= 4 is 5.97 Å². The van der Waals surface area contributed by atoms with Gasteiger partial charge in [0.05, 0.1) is 19.8 Å². The lowest BCUT2D eigenvalue weighted by Crippen LogP contribution is -2.59. The Balaban J connectivity index is 2.13. The van der Waals surface area contributed by atoms with E-state index in [-0.39, 0.29) is 19.2 Å². The molecule has 9 heteroatoms. The Morgan fingerprint density at radius 3 is 1.31 bits per heavy atom. The summed E-state index contributed by atoms with van der Waals surface area (Å²) in [6.45, 7) is 4.50. The topological polar surface area (TPSA) is 135 Å². The van der Waals surface area contributed by atoms with E-state index in [9.17, 15) is 25.2 Å². The van der Waals surface area contributed by atoms with Crippen LogP contribution in [0.15, 0.2) is 48.6 Å². The van der Waals surface area contributed by atoms with Crippen LogP contribution in [0.3, 0.4) is 0 Å². The second kappa shape index (κ2) is 52.0. The molecule has 0 aromatic rings. The van der Waals surface area contributed by atoms with Crippen LogP contribution in [-0.4, -0.2) is 89.6 Å². The van der Waals surface area contributed by atoms with Gasteiger partial charge in [0.15, 0.2) is 6.29 Å². The van der Waals surface area contributed by atoms with Crippen LogP contribution in [0.1, 0.15) is 271 Å². The molecule has 1 saturated heterocycles. The molecule has 0 radical (unpaired) electrons. The molecule has 4 N–H and O–H groups in total. The Morgan fingerprint density at radius 2 is 0.871 bits per heavy atom. The van der Waals surface area contributed by atoms with Crippen molar-refractivity contribution in [3.8, 4) is 0 Å². The van der Waals surface area contributed by atoms with Gasteiger partial charge in [0.2, 0.25) is 0 Å². The van der Waals surface area contributed by atoms with Crippen LogP contribution in [0.2, 0.25) is 0 Å². The third-order valence-electron chi connectivity index (χ3n) is 13.8. The van der Waals surface area contributed by atoms with Crippen molar-refractivity contribution < 1.29 is 44.2 Å². The highest BCUT2D eigenvalue weighted by atomic mass is 16.7. The van der Waals surface area contributed by atoms with E-state index < -0.39 is 43.4 Å². The van der Waals surface area contributed by atoms with E-state index in [1.54, 1.807) is 0 Å². The first-order valence-electron chi connectivity index (χ1n) is 29.7. The summed E-state index contributed by atoms with van der Waals surface area (Å²) >= 11 is 0. The SMILES string of the molecule is CC/C=C\C/C=C\C/C=C\C/C=C\CCCCCCCCCCCCC(=O)OC(COCCCCCCCCCCCCCCCCCCCCCCCCCC)COC1OC(CO)C(O)C(O)C1O. The molecule has 410 valence electrons. The van der Waals surface area contributed by atoms with Crippen molar-refractivity contribution in [2.75, 3.05) is 26.4 Å². The maximum Gasteiger partial charge on any atom is 0.306 e. The first-order valence-corrected chi connectivity index (χ1v) is 29.7. The third-order valence-corrected chi connectivity index (χ3v) is 13.8. The Hall–Kier alpha value is -1.85. The second-order valence-electron chi connectivity index (χ2n) is 20.4. The smallest absolute Gasteiger partial charge is 0.306 e. The van der Waals surface area contributed by atoms with Gasteiger partial charge in [-0.1, -0.05) is 262 Å². The van der Waals surface area contributed by atoms with Crippen LogP contribution >= 0.6 is 0 Å². The monoisotopic (exact) mass is 989 g/mol. The molecule has 6 atom stereocenters. The zero-order valence-corrected chi connectivity index (χ0v) is 45.5. The number of ether oxygens (including phenoxy) is 4. The van der Waals surface area contributed by atoms with E-state index in [1.807, 2.05) is 0 Å². The zero-order valence-electron chi connectivity index (χ0n) is 45.5. The molecule has 0 aromatic heterocycles. The number of aliphatic hydroxyl groups excluding tert-OH is 4. The van der Waals surface area contributed by atoms with Crippen LogP contribution in [0.5, 0.6) is 0 Å². The van der Waals surface area contributed by atoms with Crippen molar-refractivity contribution in [2.45, 2.75) is 307 Å². The van der Waals surface area contributed by atoms with Crippen LogP contribution in [0, 0.1) is 0 Å². The first-order chi connectivity index (χ1) is 34.4. The number of esters is 1. The number of rotatable bonds is 52. The number of carbonyl (C=O) groups is 1. The summed E-state index contributed by atoms with van der Waals surface area (Å²) < 4.78 is 23.0. The molecular weight excluding hydrogens is 877 g/mol. The van der Waals surface area contributed by atoms with Gasteiger partial charge < -0.3 is 39.4 Å². The van der Waals surface area contributed by atoms with Crippen molar-refractivity contribution in [2.24, 2.45) is 0 Å². The Labute approximate surface area is 431 Å². The minimum Gasteiger partial charge on any atom is -0.457 e. The normalized spacial score (nSPS) is 19.2. The van der Waals surface area contributed by atoms with Gasteiger partial charge in [0.25, 0.3) is 0 Å². The highest BCUT2D eigenvalue weighted by Gasteiger charge is 2.44. The number of hydrogen-bond acceptors (Lipinski definition) is 9. The molecule has 0 amide bonds. The predicted molar refractivity (Wildman–Crippen MR) is 293 cm³/mol. The highest BCUT2D eigenvalue weighted by Crippen LogP contribution is 2.23. The van der Waals surface area contributed by atoms with Crippen LogP contribution < -0.4 is 0 Å². The molecule has 1 fully saturated rings. The second-order valence-corrected chi connectivity index (χ2v) is 20.4. The predicted octanol–water partition coefficient (Wildman–Crippen LogP) is 15.6. The summed E-state index contributed by atoms with van der Waals surface area (Å²) in [5, 5.41) is 40.4. The van der Waals surface area contributed by atoms with Crippen molar-refractivity contribution in [1.29, 1.82) is 0 Å². The molecule has 70 heavy (non-hydrogen) atoms. The molecule has 0 aromatic carbocycles. The van der Waals surface area contributed by atoms with Gasteiger partial charge in [-0.15, -0.1) is 0 Å². The van der Waals surface area contributed by atoms with E-state index in [0.717, 1.165) is 57.8 Å². The fraction of sp³-hybridized carbons (Fsp3) is 0.852. The Bertz CT molecular complexity index is 1220. The van der Waals surface area contributed by atoms with Crippen LogP contribution in [0.25, 0.3) is 0 Å². The quantitative estimate of drug-likeness (QED) is 0.0267. The molecule has 1 heterocycles. The van der Waals surface area contributed by atoms with Crippen molar-refractivity contribution in [3.63, 3.8) is 0 Å². The van der Waals surface area contributed by atoms with Gasteiger partial charge in [-0.2, -0.15) is 0 Å². The molecule has 6 unspecified atom stereocenters. The lowest BCUT2D eigenvalue weighted by Gasteiger charge is -2.39. The molecule has 9 nitrogen and oxygen atoms in total. The summed E-state index contributed by atoms with van der Waals surface area (Å²) in [5.74, 6) is -0.314. The van der Waals surface area contributed by atoms with Crippen molar-refractivity contribution in [3.05, 3.63) is 48.6 Å². The number of unbranched alkanes of at least 4 members (excludes halogenated alkanes) is 33. The maximum absolute atomic E-state index is 12.9. The molecule has 0 saturated carbocycles. The van der Waals surface area contributed by atoms with E-state index >= 15 is 0 Å². The molecular formula is C61H112O9. The van der Waals surface area contributed by atoms with Crippen LogP contribution in [0.4, 0.5) is 0 Å². The average molecular weight is 990 g/mol. The average Bonchev–Trinajstić information content (AvgIpc) is 3.36. The van der Waals surface area contributed by atoms with E-state index in [0.29, 0.717) is 13.0 Å². The standard InChI is InChI=1S/C61H112O9/c1-3-5-7-9-11-13-15-17-19-21-23-25-27-29-31-33-35-37-39-41-43-45-47-49-51-67-53-55(54-68-61-60(66)59(65)58(64)56(52-62)70-61)69-57(63)50-48-46-44-42-40-38-36-34-32-30-28-26-24-22-20-18-16-14-12-10-8-6-4-2/h6,8,12,14,18,20,24,26,55-56,58-62,64-66H,3-5,7,9-11,13,15-17,19,21-23,25,27-54H2,1-2H3/b8-6-,14-12-,20-18-,26-24-. The molecule has 0 bridgehead atoms. The third kappa shape index (κ3) is 41.6. The minimum absolute atomic E-state index is 0.113. The fourth-order valence-corrected chi connectivity index (χ4v) is 9.19. The molecule has 1 aliphatic heterocycles. The van der Waals surface area contributed by atoms with E-state index in [2.05, 4.69) is 62.5 Å². The molecule has 0 spiro atoms. The fourth-order valence-electron chi connectivity index (χ4n) is 9.19. The summed E-state index contributed by atoms with van der Waals surface area (Å²) in [6.07, 6.45) is 60.2. The highest BCUT2D eigenvalue weighted by molar-refractivity contribution is 5.69. The van der Waals surface area contributed by atoms with Gasteiger partial charge >= 0.3 is 5.97 Å². The minimum atomic E-state index is -1.54. The van der Waals surface area contributed by atoms with E-state index in [1.165, 1.54) is 193 Å². The van der Waals surface area contributed by atoms with Gasteiger partial charge in [-0.3, -0.25) is 4.79 Å². The maximum atomic E-state index is 12.9. The van der Waals surface area contributed by atoms with Gasteiger partial charge in [0, 0.05) is 13.0 Å². The lowest BCUT2D eigenvalue weighted by atomic mass is 9.99. The van der Waals surface area contributed by atoms with Crippen LogP contribution in [-0.2, 0) is 23.7 Å². The number of hydrogen-bond donors (Lipinski definition) is 4. The number of allylic oxidation sites excluding steroid dienone is 8. The lowest BCUT2D eigenvalue weighted by molar-refractivity contribution is -0.305. The summed E-state index contributed by atoms with van der Waals surface area (Å²) in [4.78, 5) is 12.9. The number of aliphatic hydroxyl groups is 4. The summed E-state index contributed by atoms with van der Waals surface area (Å²) in [6, 6.07) is 0.